The number of benzene rings is 3. The van der Waals surface area contributed by atoms with Crippen LogP contribution in [-0.2, 0) is 16.2 Å². The Balaban J connectivity index is 1.72. The summed E-state index contributed by atoms with van der Waals surface area (Å²) in [7, 11) is 0. The van der Waals surface area contributed by atoms with Gasteiger partial charge < -0.3 is 4.74 Å². The summed E-state index contributed by atoms with van der Waals surface area (Å²) in [6, 6.07) is 18.7. The molecule has 1 aliphatic rings. The van der Waals surface area contributed by atoms with E-state index in [4.69, 9.17) is 4.74 Å². The second kappa shape index (κ2) is 10.9. The molecular formula is C25H14BrI2N3O4. The van der Waals surface area contributed by atoms with Gasteiger partial charge in [-0.1, -0.05) is 34.1 Å². The zero-order chi connectivity index (χ0) is 25.1. The lowest BCUT2D eigenvalue weighted by Crippen LogP contribution is -2.54. The highest BCUT2D eigenvalue weighted by Crippen LogP contribution is 2.32. The van der Waals surface area contributed by atoms with E-state index in [1.165, 1.54) is 6.08 Å². The van der Waals surface area contributed by atoms with Crippen molar-refractivity contribution in [2.24, 2.45) is 0 Å². The van der Waals surface area contributed by atoms with Crippen LogP contribution in [0.3, 0.4) is 0 Å². The van der Waals surface area contributed by atoms with Crippen LogP contribution in [0.5, 0.6) is 5.75 Å². The van der Waals surface area contributed by atoms with E-state index in [0.717, 1.165) is 16.5 Å². The predicted molar refractivity (Wildman–Crippen MR) is 151 cm³/mol. The van der Waals surface area contributed by atoms with Crippen molar-refractivity contribution < 1.29 is 19.1 Å². The molecule has 1 saturated heterocycles. The van der Waals surface area contributed by atoms with Gasteiger partial charge in [-0.05, 0) is 93.7 Å². The number of carbonyl (C=O) groups is 3. The van der Waals surface area contributed by atoms with Crippen molar-refractivity contribution in [1.29, 1.82) is 5.26 Å². The van der Waals surface area contributed by atoms with Crippen LogP contribution in [0.1, 0.15) is 16.7 Å². The highest BCUT2D eigenvalue weighted by atomic mass is 127. The summed E-state index contributed by atoms with van der Waals surface area (Å²) < 4.78 is 8.49. The first-order valence-corrected chi connectivity index (χ1v) is 13.0. The van der Waals surface area contributed by atoms with Gasteiger partial charge in [-0.2, -0.15) is 5.26 Å². The van der Waals surface area contributed by atoms with Gasteiger partial charge in [0.25, 0.3) is 11.8 Å². The maximum absolute atomic E-state index is 13.3. The number of ether oxygens (including phenoxy) is 1. The fraction of sp³-hybridized carbons (Fsp3) is 0.0400. The molecule has 1 N–H and O–H groups in total. The van der Waals surface area contributed by atoms with Crippen LogP contribution in [0.15, 0.2) is 70.7 Å². The van der Waals surface area contributed by atoms with Gasteiger partial charge >= 0.3 is 6.03 Å². The molecule has 35 heavy (non-hydrogen) atoms. The molecule has 0 atom stereocenters. The summed E-state index contributed by atoms with van der Waals surface area (Å²) in [6.07, 6.45) is 1.42. The fourth-order valence-electron chi connectivity index (χ4n) is 3.38. The molecule has 4 rings (SSSR count). The van der Waals surface area contributed by atoms with Crippen molar-refractivity contribution in [3.05, 3.63) is 94.5 Å². The number of halogens is 3. The Hall–Kier alpha value is -2.76. The van der Waals surface area contributed by atoms with Gasteiger partial charge in [-0.15, -0.1) is 0 Å². The maximum Gasteiger partial charge on any atom is 0.335 e. The third-order valence-corrected chi connectivity index (χ3v) is 6.99. The van der Waals surface area contributed by atoms with Crippen LogP contribution < -0.4 is 15.0 Å². The molecule has 0 aromatic heterocycles. The number of barbiturate groups is 1. The lowest BCUT2D eigenvalue weighted by molar-refractivity contribution is -0.122. The Morgan fingerprint density at radius 2 is 1.77 bits per heavy atom. The normalized spacial score (nSPS) is 14.6. The van der Waals surface area contributed by atoms with Gasteiger partial charge in [-0.3, -0.25) is 14.9 Å². The average Bonchev–Trinajstić information content (AvgIpc) is 2.82. The van der Waals surface area contributed by atoms with Crippen LogP contribution in [0.25, 0.3) is 6.08 Å². The molecule has 3 aromatic carbocycles. The minimum atomic E-state index is -0.818. The number of imide groups is 2. The number of nitrogens with one attached hydrogen (secondary N) is 1. The number of hydrogen-bond acceptors (Lipinski definition) is 5. The Kier molecular flexibility index (Phi) is 7.88. The number of nitrogens with zero attached hydrogens (tertiary/aromatic N) is 2. The molecular weight excluding hydrogens is 740 g/mol. The molecule has 3 aromatic rings. The van der Waals surface area contributed by atoms with Gasteiger partial charge in [0.1, 0.15) is 17.9 Å². The molecule has 0 saturated carbocycles. The van der Waals surface area contributed by atoms with Crippen LogP contribution in [0.2, 0.25) is 0 Å². The first-order chi connectivity index (χ1) is 16.8. The van der Waals surface area contributed by atoms with Crippen molar-refractivity contribution in [3.8, 4) is 11.8 Å². The summed E-state index contributed by atoms with van der Waals surface area (Å²) in [5, 5.41) is 11.6. The van der Waals surface area contributed by atoms with Crippen molar-refractivity contribution in [1.82, 2.24) is 5.32 Å². The minimum Gasteiger partial charge on any atom is -0.487 e. The summed E-state index contributed by atoms with van der Waals surface area (Å²) in [5.41, 5.74) is 1.84. The lowest BCUT2D eigenvalue weighted by atomic mass is 10.1. The van der Waals surface area contributed by atoms with Gasteiger partial charge in [0.05, 0.1) is 20.9 Å². The second-order valence-electron chi connectivity index (χ2n) is 7.30. The van der Waals surface area contributed by atoms with E-state index in [1.54, 1.807) is 48.5 Å². The van der Waals surface area contributed by atoms with E-state index in [1.807, 2.05) is 12.1 Å². The van der Waals surface area contributed by atoms with E-state index in [0.29, 0.717) is 28.1 Å². The number of amides is 4. The number of nitriles is 1. The molecule has 1 fully saturated rings. The summed E-state index contributed by atoms with van der Waals surface area (Å²) in [4.78, 5) is 39.3. The Morgan fingerprint density at radius 1 is 1.06 bits per heavy atom. The monoisotopic (exact) mass is 753 g/mol. The van der Waals surface area contributed by atoms with E-state index in [9.17, 15) is 19.6 Å². The molecule has 7 nitrogen and oxygen atoms in total. The quantitative estimate of drug-likeness (QED) is 0.203. The molecule has 0 bridgehead atoms. The Bertz CT molecular complexity index is 1430. The summed E-state index contributed by atoms with van der Waals surface area (Å²) in [6.45, 7) is 0.125. The lowest BCUT2D eigenvalue weighted by Gasteiger charge is -2.26. The van der Waals surface area contributed by atoms with E-state index < -0.39 is 17.8 Å². The topological polar surface area (TPSA) is 99.5 Å². The van der Waals surface area contributed by atoms with E-state index in [2.05, 4.69) is 72.5 Å². The van der Waals surface area contributed by atoms with Crippen molar-refractivity contribution >= 4 is 90.7 Å². The highest BCUT2D eigenvalue weighted by Gasteiger charge is 2.37. The first-order valence-electron chi connectivity index (χ1n) is 10.1. The third-order valence-electron chi connectivity index (χ3n) is 5.03. The highest BCUT2D eigenvalue weighted by molar-refractivity contribution is 14.1. The van der Waals surface area contributed by atoms with E-state index in [-0.39, 0.29) is 12.2 Å². The molecule has 0 unspecified atom stereocenters. The number of hydrogen-bond donors (Lipinski definition) is 1. The van der Waals surface area contributed by atoms with Crippen LogP contribution in [0.4, 0.5) is 10.5 Å². The third kappa shape index (κ3) is 5.57. The van der Waals surface area contributed by atoms with Crippen LogP contribution >= 0.6 is 61.1 Å². The van der Waals surface area contributed by atoms with Gasteiger partial charge in [0, 0.05) is 19.2 Å². The molecule has 174 valence electrons. The molecule has 0 aliphatic carbocycles. The zero-order valence-corrected chi connectivity index (χ0v) is 23.6. The number of carbonyl (C=O) groups excluding carboxylic acids is 3. The standard InChI is InChI=1S/C25H14BrI2N3O4/c26-17-5-7-19(8-6-17)31-24(33)20(23(32)30-25(31)34)10-16-9-18(27)11-21(28)22(16)35-13-15-4-2-1-3-14(15)12-29/h1-11H,13H2,(H,30,32,34)/b20-10+. The van der Waals surface area contributed by atoms with Gasteiger partial charge in [-0.25, -0.2) is 9.69 Å². The number of urea groups is 1. The Morgan fingerprint density at radius 3 is 2.49 bits per heavy atom. The van der Waals surface area contributed by atoms with Gasteiger partial charge in [0.2, 0.25) is 0 Å². The smallest absolute Gasteiger partial charge is 0.335 e. The molecule has 1 heterocycles. The van der Waals surface area contributed by atoms with Gasteiger partial charge in [0.15, 0.2) is 0 Å². The minimum absolute atomic E-state index is 0.125. The molecule has 10 heteroatoms. The van der Waals surface area contributed by atoms with Crippen molar-refractivity contribution in [2.75, 3.05) is 4.90 Å². The van der Waals surface area contributed by atoms with E-state index >= 15 is 0 Å². The molecule has 1 aliphatic heterocycles. The van der Waals surface area contributed by atoms with Crippen LogP contribution in [-0.4, -0.2) is 17.8 Å². The molecule has 0 radical (unpaired) electrons. The Labute approximate surface area is 236 Å². The maximum atomic E-state index is 13.3. The molecule has 0 spiro atoms. The zero-order valence-electron chi connectivity index (χ0n) is 17.7. The first kappa shape index (κ1) is 25.3. The largest absolute Gasteiger partial charge is 0.487 e. The fourth-order valence-corrected chi connectivity index (χ4v) is 5.69. The van der Waals surface area contributed by atoms with Crippen molar-refractivity contribution in [2.45, 2.75) is 6.61 Å². The predicted octanol–water partition coefficient (Wildman–Crippen LogP) is 5.78. The number of anilines is 1. The molecule has 4 amide bonds. The van der Waals surface area contributed by atoms with Crippen molar-refractivity contribution in [3.63, 3.8) is 0 Å². The second-order valence-corrected chi connectivity index (χ2v) is 10.6. The number of rotatable bonds is 5. The van der Waals surface area contributed by atoms with Crippen LogP contribution in [0, 0.1) is 18.5 Å². The average molecular weight is 754 g/mol. The SMILES string of the molecule is N#Cc1ccccc1COc1c(I)cc(I)cc1/C=C1\C(=O)NC(=O)N(c2ccc(Br)cc2)C1=O. The summed E-state index contributed by atoms with van der Waals surface area (Å²) in [5.74, 6) is -1.07. The summed E-state index contributed by atoms with van der Waals surface area (Å²) >= 11 is 7.58.